The molecule has 1 atom stereocenters. The molecule has 3 N–H and O–H groups in total. The molecule has 7 nitrogen and oxygen atoms in total. The molecule has 2 heterocycles. The molecule has 2 aliphatic heterocycles. The van der Waals surface area contributed by atoms with Crippen molar-refractivity contribution in [1.82, 2.24) is 10.6 Å². The molecular formula is C11H11N5O2Se. The maximum atomic E-state index is 12.1. The van der Waals surface area contributed by atoms with Crippen LogP contribution in [0.5, 0.6) is 0 Å². The van der Waals surface area contributed by atoms with E-state index in [2.05, 4.69) is 23.9 Å². The van der Waals surface area contributed by atoms with Crippen molar-refractivity contribution >= 4 is 43.4 Å². The van der Waals surface area contributed by atoms with Crippen molar-refractivity contribution in [2.24, 2.45) is 7.92 Å². The van der Waals surface area contributed by atoms with Crippen molar-refractivity contribution in [3.63, 3.8) is 0 Å². The summed E-state index contributed by atoms with van der Waals surface area (Å²) in [5.74, 6) is -0.274. The number of hydrogen-bond acceptors (Lipinski definition) is 5. The van der Waals surface area contributed by atoms with Crippen molar-refractivity contribution in [2.45, 2.75) is 6.04 Å². The average Bonchev–Trinajstić information content (AvgIpc) is 2.89. The van der Waals surface area contributed by atoms with Gasteiger partial charge in [-0.15, -0.1) is 0 Å². The molecule has 3 rings (SSSR count). The molecule has 19 heavy (non-hydrogen) atoms. The number of carbonyl (C=O) groups is 2. The predicted octanol–water partition coefficient (Wildman–Crippen LogP) is 0.0611. The molecule has 0 saturated carbocycles. The van der Waals surface area contributed by atoms with Gasteiger partial charge in [0.25, 0.3) is 0 Å². The summed E-state index contributed by atoms with van der Waals surface area (Å²) in [4.78, 5) is 23.1. The van der Waals surface area contributed by atoms with Gasteiger partial charge in [-0.05, 0) is 0 Å². The predicted molar refractivity (Wildman–Crippen MR) is 69.8 cm³/mol. The van der Waals surface area contributed by atoms with Gasteiger partial charge >= 0.3 is 114 Å². The summed E-state index contributed by atoms with van der Waals surface area (Å²) in [6, 6.07) is 5.10. The van der Waals surface area contributed by atoms with Crippen molar-refractivity contribution in [3.05, 3.63) is 18.2 Å². The van der Waals surface area contributed by atoms with Crippen LogP contribution in [0.25, 0.3) is 0 Å². The van der Waals surface area contributed by atoms with Gasteiger partial charge in [0.2, 0.25) is 0 Å². The van der Waals surface area contributed by atoms with E-state index in [4.69, 9.17) is 0 Å². The van der Waals surface area contributed by atoms with E-state index in [1.54, 1.807) is 6.07 Å². The summed E-state index contributed by atoms with van der Waals surface area (Å²) in [6.07, 6.45) is 0. The van der Waals surface area contributed by atoms with Crippen LogP contribution < -0.4 is 16.0 Å². The SMILES string of the molecule is O=C1CNC(C(=O)Nc2cccc3c2N=[Se]=N3)CN1. The quantitative estimate of drug-likeness (QED) is 0.682. The Hall–Kier alpha value is -1.76. The van der Waals surface area contributed by atoms with Gasteiger partial charge in [0.05, 0.1) is 0 Å². The zero-order valence-electron chi connectivity index (χ0n) is 9.84. The first-order valence-corrected chi connectivity index (χ1v) is 7.29. The van der Waals surface area contributed by atoms with Gasteiger partial charge < -0.3 is 0 Å². The molecule has 0 spiro atoms. The number of fused-ring (bicyclic) bond motifs is 1. The summed E-state index contributed by atoms with van der Waals surface area (Å²) in [5, 5.41) is 8.36. The molecule has 8 heteroatoms. The van der Waals surface area contributed by atoms with Crippen LogP contribution in [0.2, 0.25) is 0 Å². The van der Waals surface area contributed by atoms with E-state index in [1.807, 2.05) is 12.1 Å². The number of rotatable bonds is 2. The van der Waals surface area contributed by atoms with E-state index in [0.29, 0.717) is 12.2 Å². The molecule has 1 fully saturated rings. The van der Waals surface area contributed by atoms with E-state index < -0.39 is 6.04 Å². The van der Waals surface area contributed by atoms with E-state index in [-0.39, 0.29) is 32.9 Å². The molecule has 1 unspecified atom stereocenters. The number of anilines is 1. The Bertz CT molecular complexity index is 614. The van der Waals surface area contributed by atoms with Crippen LogP contribution in [0.3, 0.4) is 0 Å². The first kappa shape index (κ1) is 12.3. The van der Waals surface area contributed by atoms with Crippen LogP contribution in [-0.2, 0) is 9.59 Å². The fourth-order valence-corrected chi connectivity index (χ4v) is 3.03. The zero-order chi connectivity index (χ0) is 13.2. The second-order valence-corrected chi connectivity index (χ2v) is 5.27. The fraction of sp³-hybridized carbons (Fsp3) is 0.273. The van der Waals surface area contributed by atoms with Crippen molar-refractivity contribution in [3.8, 4) is 0 Å². The molecular weight excluding hydrogens is 313 g/mol. The minimum absolute atomic E-state index is 0.0962. The molecule has 0 aromatic heterocycles. The Kier molecular flexibility index (Phi) is 3.29. The van der Waals surface area contributed by atoms with E-state index >= 15 is 0 Å². The Morgan fingerprint density at radius 1 is 1.42 bits per heavy atom. The van der Waals surface area contributed by atoms with Gasteiger partial charge in [-0.25, -0.2) is 0 Å². The Labute approximate surface area is 114 Å². The molecule has 1 aromatic carbocycles. The van der Waals surface area contributed by atoms with Crippen molar-refractivity contribution < 1.29 is 9.59 Å². The minimum atomic E-state index is -0.419. The van der Waals surface area contributed by atoms with E-state index in [1.165, 1.54) is 0 Å². The number of hydrogen-bond donors (Lipinski definition) is 3. The van der Waals surface area contributed by atoms with Crippen molar-refractivity contribution in [1.29, 1.82) is 0 Å². The zero-order valence-corrected chi connectivity index (χ0v) is 11.6. The molecule has 1 saturated heterocycles. The van der Waals surface area contributed by atoms with Gasteiger partial charge in [0, 0.05) is 0 Å². The van der Waals surface area contributed by atoms with Gasteiger partial charge in [0.15, 0.2) is 0 Å². The Balaban J connectivity index is 1.72. The van der Waals surface area contributed by atoms with Gasteiger partial charge in [0.1, 0.15) is 0 Å². The monoisotopic (exact) mass is 325 g/mol. The van der Waals surface area contributed by atoms with E-state index in [0.717, 1.165) is 11.4 Å². The van der Waals surface area contributed by atoms with Gasteiger partial charge in [-0.1, -0.05) is 0 Å². The second kappa shape index (κ2) is 5.08. The molecule has 0 bridgehead atoms. The van der Waals surface area contributed by atoms with E-state index in [9.17, 15) is 9.59 Å². The number of benzene rings is 1. The second-order valence-electron chi connectivity index (χ2n) is 4.16. The third kappa shape index (κ3) is 2.51. The molecule has 2 aliphatic rings. The Morgan fingerprint density at radius 2 is 2.32 bits per heavy atom. The molecule has 0 radical (unpaired) electrons. The summed E-state index contributed by atoms with van der Waals surface area (Å²) in [6.45, 7) is 0.457. The number of nitrogens with one attached hydrogen (secondary N) is 3. The molecule has 2 amide bonds. The van der Waals surface area contributed by atoms with Crippen LogP contribution in [0.15, 0.2) is 26.1 Å². The summed E-state index contributed by atoms with van der Waals surface area (Å²) in [5.41, 5.74) is 2.24. The molecule has 0 aliphatic carbocycles. The number of carbonyl (C=O) groups excluding carboxylic acids is 2. The average molecular weight is 324 g/mol. The first-order valence-electron chi connectivity index (χ1n) is 5.76. The molecule has 98 valence electrons. The van der Waals surface area contributed by atoms with Crippen LogP contribution in [-0.4, -0.2) is 45.5 Å². The number of piperazine rings is 1. The van der Waals surface area contributed by atoms with Crippen LogP contribution in [0.4, 0.5) is 17.1 Å². The Morgan fingerprint density at radius 3 is 3.11 bits per heavy atom. The summed E-state index contributed by atoms with van der Waals surface area (Å²) in [7, 11) is 0. The molecule has 1 aromatic rings. The van der Waals surface area contributed by atoms with Crippen LogP contribution in [0, 0.1) is 0 Å². The number of nitrogens with zero attached hydrogens (tertiary/aromatic N) is 2. The standard InChI is InChI=1S/C11H11N5O2Se/c17-9-5-12-8(4-13-9)11(18)14-6-2-1-3-7-10(6)16-19-15-7/h1-3,8,12H,4-5H2,(H,13,17)(H,14,18). The van der Waals surface area contributed by atoms with Crippen LogP contribution in [0.1, 0.15) is 0 Å². The van der Waals surface area contributed by atoms with Gasteiger partial charge in [-0.3, -0.25) is 0 Å². The fourth-order valence-electron chi connectivity index (χ4n) is 1.88. The number of amides is 2. The summed E-state index contributed by atoms with van der Waals surface area (Å²) < 4.78 is 8.56. The summed E-state index contributed by atoms with van der Waals surface area (Å²) >= 11 is -0.125. The maximum absolute atomic E-state index is 12.1. The third-order valence-electron chi connectivity index (χ3n) is 2.87. The normalized spacial score (nSPS) is 20.4. The topological polar surface area (TPSA) is 95.0 Å². The third-order valence-corrected chi connectivity index (χ3v) is 4.01. The van der Waals surface area contributed by atoms with Crippen LogP contribution >= 0.6 is 0 Å². The van der Waals surface area contributed by atoms with Gasteiger partial charge in [-0.2, -0.15) is 0 Å². The first-order chi connectivity index (χ1) is 9.24. The van der Waals surface area contributed by atoms with Crippen molar-refractivity contribution in [2.75, 3.05) is 18.4 Å².